The van der Waals surface area contributed by atoms with Gasteiger partial charge in [0.1, 0.15) is 6.10 Å². The molecule has 2 aliphatic heterocycles. The number of unbranched alkanes of at least 4 members (excludes halogenated alkanes) is 2. The van der Waals surface area contributed by atoms with Crippen molar-refractivity contribution in [3.8, 4) is 0 Å². The Hall–Kier alpha value is -0.500. The maximum atomic E-state index is 8.48. The fourth-order valence-electron chi connectivity index (χ4n) is 2.30. The van der Waals surface area contributed by atoms with Gasteiger partial charge in [0.25, 0.3) is 0 Å². The Kier molecular flexibility index (Phi) is 13.8. The molecule has 0 amide bonds. The van der Waals surface area contributed by atoms with E-state index in [4.69, 9.17) is 19.7 Å². The van der Waals surface area contributed by atoms with E-state index >= 15 is 0 Å². The van der Waals surface area contributed by atoms with E-state index in [1.54, 1.807) is 0 Å². The number of hydrazine groups is 1. The van der Waals surface area contributed by atoms with E-state index in [-0.39, 0.29) is 0 Å². The average Bonchev–Trinajstić information content (AvgIpc) is 3.46. The summed E-state index contributed by atoms with van der Waals surface area (Å²) in [7, 11) is 0. The second-order valence-corrected chi connectivity index (χ2v) is 5.43. The number of hydrogen-bond donors (Lipinski definition) is 4. The summed E-state index contributed by atoms with van der Waals surface area (Å²) in [4.78, 5) is 0. The van der Waals surface area contributed by atoms with E-state index in [0.29, 0.717) is 37.6 Å². The van der Waals surface area contributed by atoms with E-state index in [2.05, 4.69) is 25.2 Å². The first-order valence-corrected chi connectivity index (χ1v) is 8.25. The molecule has 0 spiro atoms. The van der Waals surface area contributed by atoms with Gasteiger partial charge < -0.3 is 19.7 Å². The zero-order chi connectivity index (χ0) is 16.8. The summed E-state index contributed by atoms with van der Waals surface area (Å²) in [5.74, 6) is 8.00. The zero-order valence-electron chi connectivity index (χ0n) is 13.8. The van der Waals surface area contributed by atoms with E-state index in [1.165, 1.54) is 0 Å². The van der Waals surface area contributed by atoms with E-state index in [9.17, 15) is 0 Å². The molecule has 2 unspecified atom stereocenters. The largest absolute Gasteiger partial charge is 0.396 e. The summed E-state index contributed by atoms with van der Waals surface area (Å²) in [6, 6.07) is 0. The van der Waals surface area contributed by atoms with Crippen molar-refractivity contribution in [2.75, 3.05) is 13.2 Å². The van der Waals surface area contributed by atoms with Gasteiger partial charge in [-0.2, -0.15) is 0 Å². The maximum Gasteiger partial charge on any atom is 0.102 e. The minimum atomic E-state index is 0.297. The van der Waals surface area contributed by atoms with Crippen LogP contribution in [0.2, 0.25) is 0 Å². The van der Waals surface area contributed by atoms with Gasteiger partial charge in [-0.1, -0.05) is 13.0 Å². The third-order valence-electron chi connectivity index (χ3n) is 3.74. The number of rotatable bonds is 10. The summed E-state index contributed by atoms with van der Waals surface area (Å²) in [5.41, 5.74) is 0. The average molecular weight is 318 g/mol. The van der Waals surface area contributed by atoms with Crippen molar-refractivity contribution in [1.82, 2.24) is 0 Å². The highest BCUT2D eigenvalue weighted by Crippen LogP contribution is 2.29. The summed E-state index contributed by atoms with van der Waals surface area (Å²) in [5, 5.41) is 16.9. The Morgan fingerprint density at radius 3 is 1.82 bits per heavy atom. The molecule has 0 aromatic heterocycles. The number of aliphatic hydroxyl groups excluding tert-OH is 2. The van der Waals surface area contributed by atoms with Crippen molar-refractivity contribution in [2.24, 2.45) is 11.7 Å². The van der Waals surface area contributed by atoms with E-state index < -0.39 is 0 Å². The van der Waals surface area contributed by atoms with Crippen molar-refractivity contribution < 1.29 is 19.7 Å². The van der Waals surface area contributed by atoms with Crippen molar-refractivity contribution in [2.45, 2.75) is 76.3 Å². The van der Waals surface area contributed by atoms with Crippen LogP contribution in [0, 0.1) is 0 Å². The molecule has 0 saturated carbocycles. The Balaban J connectivity index is 0.000000360. The molecule has 2 aliphatic rings. The van der Waals surface area contributed by atoms with Crippen LogP contribution in [-0.4, -0.2) is 47.8 Å². The summed E-state index contributed by atoms with van der Waals surface area (Å²) in [6.07, 6.45) is 10.9. The molecule has 2 saturated heterocycles. The normalized spacial score (nSPS) is 27.9. The molecule has 0 bridgehead atoms. The summed E-state index contributed by atoms with van der Waals surface area (Å²) in [6.45, 7) is 6.40. The van der Waals surface area contributed by atoms with Gasteiger partial charge in [-0.05, 0) is 44.9 Å². The Bertz CT molecular complexity index is 267. The first-order chi connectivity index (χ1) is 10.8. The molecule has 2 fully saturated rings. The number of ether oxygens (including phenoxy) is 2. The van der Waals surface area contributed by atoms with Gasteiger partial charge in [-0.3, -0.25) is 11.7 Å². The minimum Gasteiger partial charge on any atom is -0.396 e. The topological polar surface area (TPSA) is 118 Å². The highest BCUT2D eigenvalue weighted by Gasteiger charge is 2.35. The van der Waals surface area contributed by atoms with Gasteiger partial charge in [-0.15, -0.1) is 6.58 Å². The lowest BCUT2D eigenvalue weighted by Crippen LogP contribution is -2.02. The van der Waals surface area contributed by atoms with Gasteiger partial charge in [0, 0.05) is 13.2 Å². The fourth-order valence-corrected chi connectivity index (χ4v) is 2.30. The van der Waals surface area contributed by atoms with Crippen molar-refractivity contribution >= 4 is 0 Å². The first-order valence-electron chi connectivity index (χ1n) is 8.25. The van der Waals surface area contributed by atoms with Crippen LogP contribution in [0.1, 0.15) is 51.9 Å². The van der Waals surface area contributed by atoms with Gasteiger partial charge >= 0.3 is 0 Å². The monoisotopic (exact) mass is 318 g/mol. The van der Waals surface area contributed by atoms with Crippen LogP contribution < -0.4 is 11.7 Å². The lowest BCUT2D eigenvalue weighted by Gasteiger charge is -1.92. The molecule has 132 valence electrons. The minimum absolute atomic E-state index is 0.297. The number of aliphatic hydroxyl groups is 2. The smallest absolute Gasteiger partial charge is 0.102 e. The Labute approximate surface area is 134 Å². The highest BCUT2D eigenvalue weighted by atomic mass is 16.6. The molecule has 2 heterocycles. The van der Waals surface area contributed by atoms with Gasteiger partial charge in [-0.25, -0.2) is 0 Å². The van der Waals surface area contributed by atoms with Crippen molar-refractivity contribution in [3.05, 3.63) is 12.7 Å². The van der Waals surface area contributed by atoms with E-state index in [1.807, 2.05) is 6.08 Å². The van der Waals surface area contributed by atoms with Crippen molar-refractivity contribution in [3.63, 3.8) is 0 Å². The standard InChI is InChI=1S/C8H16O2.C8H14O2.H4N2/c2*1-2-7-8(10-7)5-3-4-6-9;1-2/h7-9H,2-6H2,1H3;2,7-9H,1,3-6H2;1-2H2/t2*7-,8?;/m11./s1. The van der Waals surface area contributed by atoms with Gasteiger partial charge in [0.05, 0.1) is 18.3 Å². The summed E-state index contributed by atoms with van der Waals surface area (Å²) >= 11 is 0. The molecule has 0 radical (unpaired) electrons. The maximum absolute atomic E-state index is 8.48. The Morgan fingerprint density at radius 1 is 0.909 bits per heavy atom. The number of epoxide rings is 2. The molecular weight excluding hydrogens is 284 g/mol. The number of hydrogen-bond acceptors (Lipinski definition) is 6. The second kappa shape index (κ2) is 14.1. The molecule has 22 heavy (non-hydrogen) atoms. The zero-order valence-corrected chi connectivity index (χ0v) is 13.8. The predicted molar refractivity (Wildman–Crippen MR) is 88.1 cm³/mol. The van der Waals surface area contributed by atoms with Crippen LogP contribution in [0.3, 0.4) is 0 Å². The van der Waals surface area contributed by atoms with Crippen LogP contribution in [0.15, 0.2) is 12.7 Å². The molecule has 6 heteroatoms. The lowest BCUT2D eigenvalue weighted by molar-refractivity contribution is 0.278. The Morgan fingerprint density at radius 2 is 1.45 bits per heavy atom. The molecule has 0 aliphatic carbocycles. The third-order valence-corrected chi connectivity index (χ3v) is 3.74. The quantitative estimate of drug-likeness (QED) is 0.158. The second-order valence-electron chi connectivity index (χ2n) is 5.43. The SMILES string of the molecule is C=C[C@H]1OC1CCCCO.CC[C@H]1OC1CCCCO.NN. The molecule has 0 aromatic rings. The molecule has 6 N–H and O–H groups in total. The van der Waals surface area contributed by atoms with Crippen LogP contribution >= 0.6 is 0 Å². The molecular formula is C16H34N2O4. The van der Waals surface area contributed by atoms with Crippen molar-refractivity contribution in [1.29, 1.82) is 0 Å². The highest BCUT2D eigenvalue weighted by molar-refractivity contribution is 4.97. The fraction of sp³-hybridized carbons (Fsp3) is 0.875. The number of nitrogens with two attached hydrogens (primary N) is 2. The first kappa shape index (κ1) is 21.5. The predicted octanol–water partition coefficient (Wildman–Crippen LogP) is 1.25. The third kappa shape index (κ3) is 10.3. The van der Waals surface area contributed by atoms with Crippen LogP contribution in [0.25, 0.3) is 0 Å². The molecule has 0 aromatic carbocycles. The summed E-state index contributed by atoms with van der Waals surface area (Å²) < 4.78 is 10.5. The van der Waals surface area contributed by atoms with Gasteiger partial charge in [0.15, 0.2) is 0 Å². The van der Waals surface area contributed by atoms with Crippen LogP contribution in [-0.2, 0) is 9.47 Å². The van der Waals surface area contributed by atoms with Crippen LogP contribution in [0.4, 0.5) is 0 Å². The molecule has 4 atom stereocenters. The van der Waals surface area contributed by atoms with Crippen LogP contribution in [0.5, 0.6) is 0 Å². The molecule has 6 nitrogen and oxygen atoms in total. The molecule has 2 rings (SSSR count). The lowest BCUT2D eigenvalue weighted by atomic mass is 10.1. The van der Waals surface area contributed by atoms with E-state index in [0.717, 1.165) is 44.9 Å². The van der Waals surface area contributed by atoms with Gasteiger partial charge in [0.2, 0.25) is 0 Å².